The van der Waals surface area contributed by atoms with E-state index in [-0.39, 0.29) is 18.1 Å². The van der Waals surface area contributed by atoms with Gasteiger partial charge in [0.1, 0.15) is 6.61 Å². The maximum absolute atomic E-state index is 11.3. The highest BCUT2D eigenvalue weighted by Crippen LogP contribution is 2.35. The van der Waals surface area contributed by atoms with Crippen LogP contribution in [-0.2, 0) is 0 Å². The Bertz CT molecular complexity index is 855. The van der Waals surface area contributed by atoms with Crippen LogP contribution < -0.4 is 20.5 Å². The van der Waals surface area contributed by atoms with Gasteiger partial charge in [-0.2, -0.15) is 5.10 Å². The van der Waals surface area contributed by atoms with Gasteiger partial charge in [-0.05, 0) is 24.6 Å². The van der Waals surface area contributed by atoms with Crippen LogP contribution in [-0.4, -0.2) is 29.9 Å². The van der Waals surface area contributed by atoms with E-state index in [9.17, 15) is 4.79 Å². The van der Waals surface area contributed by atoms with Gasteiger partial charge in [0.2, 0.25) is 5.95 Å². The van der Waals surface area contributed by atoms with Gasteiger partial charge in [0.25, 0.3) is 5.56 Å². The summed E-state index contributed by atoms with van der Waals surface area (Å²) in [5, 5.41) is 4.35. The van der Waals surface area contributed by atoms with Crippen molar-refractivity contribution in [1.29, 1.82) is 0 Å². The van der Waals surface area contributed by atoms with Crippen molar-refractivity contribution < 1.29 is 9.47 Å². The molecule has 1 aromatic heterocycles. The zero-order chi connectivity index (χ0) is 17.5. The molecule has 1 heterocycles. The number of aromatic amines is 1. The first-order chi connectivity index (χ1) is 11.5. The van der Waals surface area contributed by atoms with Gasteiger partial charge in [0.15, 0.2) is 11.5 Å². The lowest BCUT2D eigenvalue weighted by Gasteiger charge is -2.11. The first-order valence-electron chi connectivity index (χ1n) is 6.84. The number of ether oxygens (including phenoxy) is 2. The second-order valence-corrected chi connectivity index (χ2v) is 5.04. The lowest BCUT2D eigenvalue weighted by Crippen LogP contribution is -2.10. The molecule has 8 heteroatoms. The quantitative estimate of drug-likeness (QED) is 0.475. The lowest BCUT2D eigenvalue weighted by molar-refractivity contribution is 0.331. The number of nitrogens with one attached hydrogen (secondary N) is 2. The van der Waals surface area contributed by atoms with Crippen molar-refractivity contribution >= 4 is 23.8 Å². The molecular weight excluding hydrogens is 332 g/mol. The van der Waals surface area contributed by atoms with E-state index in [1.54, 1.807) is 19.1 Å². The number of hydrazone groups is 1. The topological polar surface area (TPSA) is 88.6 Å². The van der Waals surface area contributed by atoms with Gasteiger partial charge in [-0.1, -0.05) is 17.5 Å². The fourth-order valence-electron chi connectivity index (χ4n) is 1.87. The molecule has 2 rings (SSSR count). The molecule has 7 nitrogen and oxygen atoms in total. The number of rotatable bonds is 6. The number of methoxy groups -OCH3 is 1. The molecule has 0 fully saturated rings. The molecule has 0 aliphatic heterocycles. The second kappa shape index (κ2) is 8.04. The smallest absolute Gasteiger partial charge is 0.252 e. The van der Waals surface area contributed by atoms with Crippen molar-refractivity contribution in [2.45, 2.75) is 6.92 Å². The lowest BCUT2D eigenvalue weighted by atomic mass is 10.2. The molecule has 124 valence electrons. The Morgan fingerprint density at radius 2 is 2.29 bits per heavy atom. The molecule has 2 aromatic rings. The van der Waals surface area contributed by atoms with Crippen LogP contribution in [0, 0.1) is 19.3 Å². The first-order valence-corrected chi connectivity index (χ1v) is 7.22. The molecule has 0 saturated heterocycles. The number of anilines is 1. The van der Waals surface area contributed by atoms with Crippen LogP contribution in [0.5, 0.6) is 11.5 Å². The van der Waals surface area contributed by atoms with Gasteiger partial charge in [0.05, 0.1) is 18.3 Å². The van der Waals surface area contributed by atoms with E-state index in [0.29, 0.717) is 27.8 Å². The summed E-state index contributed by atoms with van der Waals surface area (Å²) in [4.78, 5) is 18.0. The summed E-state index contributed by atoms with van der Waals surface area (Å²) in [6.45, 7) is 1.79. The monoisotopic (exact) mass is 346 g/mol. The van der Waals surface area contributed by atoms with E-state index in [1.165, 1.54) is 19.4 Å². The van der Waals surface area contributed by atoms with E-state index in [2.05, 4.69) is 26.4 Å². The van der Waals surface area contributed by atoms with E-state index in [4.69, 9.17) is 27.5 Å². The summed E-state index contributed by atoms with van der Waals surface area (Å²) in [6, 6.07) is 4.72. The van der Waals surface area contributed by atoms with Gasteiger partial charge in [0, 0.05) is 11.8 Å². The number of benzene rings is 1. The SMILES string of the molecule is C#CCOc1c(Cl)cc(/C=N\Nc2nc(C)cc(=O)[nH]2)cc1OC. The highest BCUT2D eigenvalue weighted by atomic mass is 35.5. The van der Waals surface area contributed by atoms with Crippen LogP contribution in [0.2, 0.25) is 5.02 Å². The summed E-state index contributed by atoms with van der Waals surface area (Å²) in [6.07, 6.45) is 6.67. The van der Waals surface area contributed by atoms with Gasteiger partial charge in [-0.15, -0.1) is 6.42 Å². The molecule has 0 unspecified atom stereocenters. The number of nitrogens with zero attached hydrogens (tertiary/aromatic N) is 2. The van der Waals surface area contributed by atoms with Crippen molar-refractivity contribution in [3.8, 4) is 23.8 Å². The maximum atomic E-state index is 11.3. The summed E-state index contributed by atoms with van der Waals surface area (Å²) >= 11 is 6.17. The van der Waals surface area contributed by atoms with Crippen molar-refractivity contribution in [2.24, 2.45) is 5.10 Å². The van der Waals surface area contributed by atoms with Gasteiger partial charge >= 0.3 is 0 Å². The number of hydrogen-bond acceptors (Lipinski definition) is 6. The van der Waals surface area contributed by atoms with E-state index in [1.807, 2.05) is 0 Å². The molecule has 0 aliphatic rings. The number of aromatic nitrogens is 2. The summed E-state index contributed by atoms with van der Waals surface area (Å²) < 4.78 is 10.6. The van der Waals surface area contributed by atoms with Crippen LogP contribution in [0.25, 0.3) is 0 Å². The predicted molar refractivity (Wildman–Crippen MR) is 93.1 cm³/mol. The molecule has 0 spiro atoms. The van der Waals surface area contributed by atoms with Gasteiger partial charge in [-0.25, -0.2) is 10.4 Å². The van der Waals surface area contributed by atoms with Crippen molar-refractivity contribution in [1.82, 2.24) is 9.97 Å². The Labute approximate surface area is 143 Å². The van der Waals surface area contributed by atoms with E-state index < -0.39 is 0 Å². The summed E-state index contributed by atoms with van der Waals surface area (Å²) in [5.41, 5.74) is 3.62. The van der Waals surface area contributed by atoms with Crippen LogP contribution in [0.3, 0.4) is 0 Å². The Hall–Kier alpha value is -2.98. The van der Waals surface area contributed by atoms with Crippen LogP contribution in [0.1, 0.15) is 11.3 Å². The third-order valence-electron chi connectivity index (χ3n) is 2.81. The first kappa shape index (κ1) is 17.4. The number of aryl methyl sites for hydroxylation is 1. The fourth-order valence-corrected chi connectivity index (χ4v) is 2.14. The third-order valence-corrected chi connectivity index (χ3v) is 3.09. The van der Waals surface area contributed by atoms with Crippen molar-refractivity contribution in [2.75, 3.05) is 19.1 Å². The molecule has 0 aliphatic carbocycles. The normalized spacial score (nSPS) is 10.4. The zero-order valence-corrected chi connectivity index (χ0v) is 13.8. The van der Waals surface area contributed by atoms with Crippen molar-refractivity contribution in [3.63, 3.8) is 0 Å². The molecule has 24 heavy (non-hydrogen) atoms. The minimum Gasteiger partial charge on any atom is -0.493 e. The highest BCUT2D eigenvalue weighted by molar-refractivity contribution is 6.32. The molecule has 1 aromatic carbocycles. The largest absolute Gasteiger partial charge is 0.493 e. The molecule has 0 saturated carbocycles. The summed E-state index contributed by atoms with van der Waals surface area (Å²) in [5.74, 6) is 3.40. The van der Waals surface area contributed by atoms with E-state index >= 15 is 0 Å². The van der Waals surface area contributed by atoms with Gasteiger partial charge < -0.3 is 9.47 Å². The number of terminal acetylenes is 1. The third kappa shape index (κ3) is 4.51. The summed E-state index contributed by atoms with van der Waals surface area (Å²) in [7, 11) is 1.50. The number of halogens is 1. The average molecular weight is 347 g/mol. The minimum absolute atomic E-state index is 0.0808. The Balaban J connectivity index is 2.18. The molecule has 2 N–H and O–H groups in total. The van der Waals surface area contributed by atoms with Crippen LogP contribution in [0.15, 0.2) is 28.1 Å². The average Bonchev–Trinajstić information content (AvgIpc) is 2.52. The minimum atomic E-state index is -0.264. The predicted octanol–water partition coefficient (Wildman–Crippen LogP) is 2.20. The van der Waals surface area contributed by atoms with Crippen LogP contribution in [0.4, 0.5) is 5.95 Å². The Kier molecular flexibility index (Phi) is 5.82. The highest BCUT2D eigenvalue weighted by Gasteiger charge is 2.11. The number of H-pyrrole nitrogens is 1. The fraction of sp³-hybridized carbons (Fsp3) is 0.188. The molecule has 0 amide bonds. The number of hydrogen-bond donors (Lipinski definition) is 2. The molecular formula is C16H15ClN4O3. The molecule has 0 atom stereocenters. The standard InChI is InChI=1S/C16H15ClN4O3/c1-4-5-24-15-12(17)7-11(8-13(15)23-3)9-18-21-16-19-10(2)6-14(22)20-16/h1,6-9H,5H2,2-3H3,(H2,19,20,21,22)/b18-9-. The van der Waals surface area contributed by atoms with E-state index in [0.717, 1.165) is 0 Å². The van der Waals surface area contributed by atoms with Crippen molar-refractivity contribution in [3.05, 3.63) is 44.8 Å². The molecule has 0 radical (unpaired) electrons. The molecule has 0 bridgehead atoms. The van der Waals surface area contributed by atoms with Crippen LogP contribution >= 0.6 is 11.6 Å². The van der Waals surface area contributed by atoms with Gasteiger partial charge in [-0.3, -0.25) is 9.78 Å². The Morgan fingerprint density at radius 3 is 2.96 bits per heavy atom. The second-order valence-electron chi connectivity index (χ2n) is 4.63. The maximum Gasteiger partial charge on any atom is 0.252 e. The zero-order valence-electron chi connectivity index (χ0n) is 13.1. The Morgan fingerprint density at radius 1 is 1.50 bits per heavy atom.